The zero-order valence-corrected chi connectivity index (χ0v) is 16.7. The van der Waals surface area contributed by atoms with E-state index in [-0.39, 0.29) is 6.61 Å². The molecule has 2 amide bonds. The molecule has 3 atom stereocenters. The van der Waals surface area contributed by atoms with Crippen molar-refractivity contribution in [1.29, 1.82) is 5.26 Å². The maximum absolute atomic E-state index is 12.3. The molecule has 1 aromatic carbocycles. The Labute approximate surface area is 171 Å². The SMILES string of the molecule is CCNC(=O)C(=O)N1CC2CC(CN(C[C@@H](O)COc3ccc(C#N)cc3)C2)C1. The highest BCUT2D eigenvalue weighted by molar-refractivity contribution is 6.35. The van der Waals surface area contributed by atoms with Crippen molar-refractivity contribution < 1.29 is 19.4 Å². The third kappa shape index (κ3) is 5.68. The molecule has 0 aliphatic carbocycles. The number of hydrogen-bond donors (Lipinski definition) is 2. The molecule has 8 nitrogen and oxygen atoms in total. The monoisotopic (exact) mass is 400 g/mol. The summed E-state index contributed by atoms with van der Waals surface area (Å²) >= 11 is 0. The first-order valence-electron chi connectivity index (χ1n) is 10.1. The highest BCUT2D eigenvalue weighted by Crippen LogP contribution is 2.28. The summed E-state index contributed by atoms with van der Waals surface area (Å²) in [6.07, 6.45) is 0.422. The van der Waals surface area contributed by atoms with E-state index in [9.17, 15) is 14.7 Å². The Balaban J connectivity index is 1.45. The highest BCUT2D eigenvalue weighted by atomic mass is 16.5. The standard InChI is InChI=1S/C21H28N4O4/c1-2-23-20(27)21(28)25-11-16-7-17(12-25)10-24(9-16)13-18(26)14-29-19-5-3-15(8-22)4-6-19/h3-6,16-18,26H,2,7,9-14H2,1H3,(H,23,27)/t16?,17?,18-/m1/s1. The number of carbonyl (C=O) groups is 2. The number of likely N-dealkylation sites (tertiary alicyclic amines) is 2. The molecule has 0 radical (unpaired) electrons. The summed E-state index contributed by atoms with van der Waals surface area (Å²) in [5.74, 6) is 0.281. The second-order valence-corrected chi connectivity index (χ2v) is 7.86. The first-order chi connectivity index (χ1) is 14.0. The number of hydrogen-bond acceptors (Lipinski definition) is 6. The molecule has 2 aliphatic rings. The van der Waals surface area contributed by atoms with Gasteiger partial charge < -0.3 is 20.1 Å². The van der Waals surface area contributed by atoms with Crippen LogP contribution in [0.25, 0.3) is 0 Å². The number of ether oxygens (including phenoxy) is 1. The van der Waals surface area contributed by atoms with Gasteiger partial charge in [-0.1, -0.05) is 0 Å². The molecule has 2 unspecified atom stereocenters. The average molecular weight is 400 g/mol. The number of β-amino-alcohol motifs (C(OH)–C–C–N with tert-alkyl or cyclic N) is 1. The Kier molecular flexibility index (Phi) is 7.07. The number of rotatable bonds is 6. The lowest BCUT2D eigenvalue weighted by Gasteiger charge is -2.46. The average Bonchev–Trinajstić information content (AvgIpc) is 2.71. The Bertz CT molecular complexity index is 747. The lowest BCUT2D eigenvalue weighted by molar-refractivity contribution is -0.148. The molecule has 29 heavy (non-hydrogen) atoms. The zero-order chi connectivity index (χ0) is 20.8. The molecule has 1 aromatic rings. The van der Waals surface area contributed by atoms with Crippen molar-refractivity contribution in [3.8, 4) is 11.8 Å². The molecule has 8 heteroatoms. The zero-order valence-electron chi connectivity index (χ0n) is 16.7. The third-order valence-corrected chi connectivity index (χ3v) is 5.37. The number of aliphatic hydroxyl groups excluding tert-OH is 1. The summed E-state index contributed by atoms with van der Waals surface area (Å²) in [5, 5.41) is 21.8. The fourth-order valence-corrected chi connectivity index (χ4v) is 4.25. The number of fused-ring (bicyclic) bond motifs is 2. The summed E-state index contributed by atoms with van der Waals surface area (Å²) in [6.45, 7) is 5.69. The van der Waals surface area contributed by atoms with Crippen molar-refractivity contribution in [2.45, 2.75) is 19.4 Å². The van der Waals surface area contributed by atoms with Crippen LogP contribution in [0.1, 0.15) is 18.9 Å². The number of benzene rings is 1. The molecule has 0 spiro atoms. The van der Waals surface area contributed by atoms with Crippen LogP contribution >= 0.6 is 0 Å². The third-order valence-electron chi connectivity index (χ3n) is 5.37. The molecular formula is C21H28N4O4. The van der Waals surface area contributed by atoms with E-state index >= 15 is 0 Å². The second kappa shape index (κ2) is 9.72. The normalized spacial score (nSPS) is 22.4. The molecular weight excluding hydrogens is 372 g/mol. The Morgan fingerprint density at radius 1 is 1.24 bits per heavy atom. The highest BCUT2D eigenvalue weighted by Gasteiger charge is 2.37. The maximum Gasteiger partial charge on any atom is 0.311 e. The predicted octanol–water partition coefficient (Wildman–Crippen LogP) is 0.214. The van der Waals surface area contributed by atoms with Crippen LogP contribution in [-0.4, -0.2) is 78.7 Å². The minimum absolute atomic E-state index is 0.180. The fraction of sp³-hybridized carbons (Fsp3) is 0.571. The van der Waals surface area contributed by atoms with E-state index in [4.69, 9.17) is 10.00 Å². The molecule has 2 saturated heterocycles. The van der Waals surface area contributed by atoms with Gasteiger partial charge in [0.25, 0.3) is 0 Å². The van der Waals surface area contributed by atoms with Crippen molar-refractivity contribution in [3.05, 3.63) is 29.8 Å². The summed E-state index contributed by atoms with van der Waals surface area (Å²) in [4.78, 5) is 28.0. The lowest BCUT2D eigenvalue weighted by Crippen LogP contribution is -2.57. The maximum atomic E-state index is 12.3. The second-order valence-electron chi connectivity index (χ2n) is 7.86. The predicted molar refractivity (Wildman–Crippen MR) is 106 cm³/mol. The molecule has 3 rings (SSSR count). The summed E-state index contributed by atoms with van der Waals surface area (Å²) in [5.41, 5.74) is 0.567. The minimum Gasteiger partial charge on any atom is -0.491 e. The molecule has 2 heterocycles. The molecule has 0 saturated carbocycles. The van der Waals surface area contributed by atoms with Crippen molar-refractivity contribution in [3.63, 3.8) is 0 Å². The molecule has 2 N–H and O–H groups in total. The Morgan fingerprint density at radius 3 is 2.48 bits per heavy atom. The first kappa shape index (κ1) is 21.1. The van der Waals surface area contributed by atoms with Gasteiger partial charge in [-0.2, -0.15) is 5.26 Å². The van der Waals surface area contributed by atoms with E-state index in [1.807, 2.05) is 0 Å². The quantitative estimate of drug-likeness (QED) is 0.662. The van der Waals surface area contributed by atoms with Crippen LogP contribution in [0, 0.1) is 23.2 Å². The van der Waals surface area contributed by atoms with Gasteiger partial charge in [-0.15, -0.1) is 0 Å². The number of amides is 2. The van der Waals surface area contributed by atoms with Gasteiger partial charge in [-0.05, 0) is 49.4 Å². The van der Waals surface area contributed by atoms with Crippen LogP contribution in [-0.2, 0) is 9.59 Å². The van der Waals surface area contributed by atoms with Crippen LogP contribution in [0.4, 0.5) is 0 Å². The number of likely N-dealkylation sites (N-methyl/N-ethyl adjacent to an activating group) is 1. The first-order valence-corrected chi connectivity index (χ1v) is 10.1. The van der Waals surface area contributed by atoms with E-state index in [2.05, 4.69) is 16.3 Å². The van der Waals surface area contributed by atoms with Crippen LogP contribution in [0.2, 0.25) is 0 Å². The Morgan fingerprint density at radius 2 is 1.90 bits per heavy atom. The fourth-order valence-electron chi connectivity index (χ4n) is 4.25. The van der Waals surface area contributed by atoms with Crippen LogP contribution in [0.3, 0.4) is 0 Å². The van der Waals surface area contributed by atoms with Crippen LogP contribution in [0.5, 0.6) is 5.75 Å². The number of piperidine rings is 2. The summed E-state index contributed by atoms with van der Waals surface area (Å²) < 4.78 is 5.62. The number of nitrogens with zero attached hydrogens (tertiary/aromatic N) is 3. The van der Waals surface area contributed by atoms with Gasteiger partial charge in [0, 0.05) is 39.3 Å². The van der Waals surface area contributed by atoms with E-state index in [1.54, 1.807) is 36.1 Å². The molecule has 2 fully saturated rings. The van der Waals surface area contributed by atoms with Gasteiger partial charge >= 0.3 is 11.8 Å². The number of aliphatic hydroxyl groups is 1. The van der Waals surface area contributed by atoms with Gasteiger partial charge in [0.15, 0.2) is 0 Å². The smallest absolute Gasteiger partial charge is 0.311 e. The van der Waals surface area contributed by atoms with E-state index in [1.165, 1.54) is 0 Å². The molecule has 156 valence electrons. The van der Waals surface area contributed by atoms with Gasteiger partial charge in [-0.3, -0.25) is 14.5 Å². The molecule has 2 aliphatic heterocycles. The van der Waals surface area contributed by atoms with Gasteiger partial charge in [0.05, 0.1) is 11.6 Å². The van der Waals surface area contributed by atoms with Crippen molar-refractivity contribution >= 4 is 11.8 Å². The summed E-state index contributed by atoms with van der Waals surface area (Å²) in [7, 11) is 0. The van der Waals surface area contributed by atoms with Gasteiger partial charge in [-0.25, -0.2) is 0 Å². The number of nitrogens with one attached hydrogen (secondary N) is 1. The largest absolute Gasteiger partial charge is 0.491 e. The number of carbonyl (C=O) groups excluding carboxylic acids is 2. The van der Waals surface area contributed by atoms with E-state index in [0.29, 0.717) is 49.3 Å². The van der Waals surface area contributed by atoms with E-state index < -0.39 is 17.9 Å². The van der Waals surface area contributed by atoms with Crippen molar-refractivity contribution in [2.75, 3.05) is 45.9 Å². The van der Waals surface area contributed by atoms with E-state index in [0.717, 1.165) is 19.5 Å². The molecule has 0 aromatic heterocycles. The van der Waals surface area contributed by atoms with Crippen molar-refractivity contribution in [2.24, 2.45) is 11.8 Å². The molecule has 2 bridgehead atoms. The van der Waals surface area contributed by atoms with Crippen molar-refractivity contribution in [1.82, 2.24) is 15.1 Å². The van der Waals surface area contributed by atoms with Crippen LogP contribution in [0.15, 0.2) is 24.3 Å². The van der Waals surface area contributed by atoms with Crippen LogP contribution < -0.4 is 10.1 Å². The topological polar surface area (TPSA) is 106 Å². The summed E-state index contributed by atoms with van der Waals surface area (Å²) in [6, 6.07) is 8.86. The minimum atomic E-state index is -0.627. The van der Waals surface area contributed by atoms with Gasteiger partial charge in [0.1, 0.15) is 18.5 Å². The van der Waals surface area contributed by atoms with Gasteiger partial charge in [0.2, 0.25) is 0 Å². The number of nitriles is 1. The lowest BCUT2D eigenvalue weighted by atomic mass is 9.84. The Hall–Kier alpha value is -2.63.